The lowest BCUT2D eigenvalue weighted by molar-refractivity contribution is 0.156. The van der Waals surface area contributed by atoms with E-state index in [1.807, 2.05) is 25.1 Å². The normalized spacial score (nSPS) is 15.7. The zero-order valence-corrected chi connectivity index (χ0v) is 21.3. The van der Waals surface area contributed by atoms with Gasteiger partial charge in [0, 0.05) is 26.2 Å². The van der Waals surface area contributed by atoms with E-state index in [0.717, 1.165) is 16.9 Å². The Kier molecular flexibility index (Phi) is 7.41. The molecule has 180 valence electrons. The Balaban J connectivity index is 1.59. The van der Waals surface area contributed by atoms with E-state index < -0.39 is 10.0 Å². The minimum Gasteiger partial charge on any atom is -0.496 e. The Morgan fingerprint density at radius 3 is 1.82 bits per heavy atom. The van der Waals surface area contributed by atoms with Crippen molar-refractivity contribution in [2.24, 2.45) is 0 Å². The third-order valence-corrected chi connectivity index (χ3v) is 8.68. The molecule has 3 aromatic rings. The molecule has 0 saturated carbocycles. The molecular formula is C28H34N2O3S. The summed E-state index contributed by atoms with van der Waals surface area (Å²) in [6.07, 6.45) is 0. The molecule has 0 radical (unpaired) electrons. The first-order chi connectivity index (χ1) is 16.3. The van der Waals surface area contributed by atoms with Crippen LogP contribution in [0.2, 0.25) is 0 Å². The van der Waals surface area contributed by atoms with Crippen LogP contribution in [0.15, 0.2) is 77.7 Å². The van der Waals surface area contributed by atoms with Gasteiger partial charge in [0.2, 0.25) is 10.0 Å². The van der Waals surface area contributed by atoms with Gasteiger partial charge in [-0.3, -0.25) is 4.90 Å². The smallest absolute Gasteiger partial charge is 0.243 e. The lowest BCUT2D eigenvalue weighted by atomic mass is 9.96. The van der Waals surface area contributed by atoms with E-state index in [1.54, 1.807) is 17.5 Å². The third-order valence-electron chi connectivity index (χ3n) is 6.64. The van der Waals surface area contributed by atoms with Crippen LogP contribution < -0.4 is 4.74 Å². The van der Waals surface area contributed by atoms with Crippen molar-refractivity contribution in [2.45, 2.75) is 37.6 Å². The van der Waals surface area contributed by atoms with Gasteiger partial charge >= 0.3 is 0 Å². The van der Waals surface area contributed by atoms with Crippen LogP contribution >= 0.6 is 0 Å². The van der Waals surface area contributed by atoms with Crippen LogP contribution in [0.25, 0.3) is 0 Å². The fourth-order valence-electron chi connectivity index (χ4n) is 4.81. The summed E-state index contributed by atoms with van der Waals surface area (Å²) in [5.41, 5.74) is 4.07. The number of hydrogen-bond donors (Lipinski definition) is 0. The molecule has 6 heteroatoms. The number of methoxy groups -OCH3 is 1. The van der Waals surface area contributed by atoms with E-state index in [1.165, 1.54) is 11.1 Å². The lowest BCUT2D eigenvalue weighted by Crippen LogP contribution is -2.49. The second kappa shape index (κ2) is 10.3. The second-order valence-corrected chi connectivity index (χ2v) is 11.1. The molecule has 0 spiro atoms. The molecule has 5 nitrogen and oxygen atoms in total. The summed E-state index contributed by atoms with van der Waals surface area (Å²) in [4.78, 5) is 2.77. The average molecular weight is 479 g/mol. The fraction of sp³-hybridized carbons (Fsp3) is 0.357. The number of sulfonamides is 1. The fourth-order valence-corrected chi connectivity index (χ4v) is 6.47. The summed E-state index contributed by atoms with van der Waals surface area (Å²) in [7, 11) is -1.97. The first kappa shape index (κ1) is 24.5. The summed E-state index contributed by atoms with van der Waals surface area (Å²) >= 11 is 0. The molecule has 0 aromatic heterocycles. The molecule has 0 N–H and O–H groups in total. The summed E-state index contributed by atoms with van der Waals surface area (Å²) in [5.74, 6) is 0.906. The van der Waals surface area contributed by atoms with Gasteiger partial charge in [0.1, 0.15) is 5.75 Å². The van der Waals surface area contributed by atoms with E-state index >= 15 is 0 Å². The molecule has 0 atom stereocenters. The van der Waals surface area contributed by atoms with Gasteiger partial charge in [-0.15, -0.1) is 0 Å². The van der Waals surface area contributed by atoms with Crippen molar-refractivity contribution in [2.75, 3.05) is 33.3 Å². The maximum absolute atomic E-state index is 13.7. The highest BCUT2D eigenvalue weighted by molar-refractivity contribution is 7.89. The van der Waals surface area contributed by atoms with Gasteiger partial charge in [-0.1, -0.05) is 74.5 Å². The molecule has 0 unspecified atom stereocenters. The monoisotopic (exact) mass is 478 g/mol. The van der Waals surface area contributed by atoms with Gasteiger partial charge in [0.15, 0.2) is 0 Å². The first-order valence-electron chi connectivity index (χ1n) is 11.9. The van der Waals surface area contributed by atoms with Crippen LogP contribution in [-0.2, 0) is 10.0 Å². The van der Waals surface area contributed by atoms with Crippen molar-refractivity contribution in [3.8, 4) is 5.75 Å². The molecule has 1 aliphatic rings. The topological polar surface area (TPSA) is 49.9 Å². The molecule has 34 heavy (non-hydrogen) atoms. The van der Waals surface area contributed by atoms with Crippen molar-refractivity contribution in [3.05, 3.63) is 95.1 Å². The van der Waals surface area contributed by atoms with Gasteiger partial charge in [0.25, 0.3) is 0 Å². The van der Waals surface area contributed by atoms with E-state index in [2.05, 4.69) is 67.3 Å². The molecule has 1 saturated heterocycles. The zero-order chi connectivity index (χ0) is 24.3. The minimum atomic E-state index is -3.60. The van der Waals surface area contributed by atoms with Crippen LogP contribution in [-0.4, -0.2) is 50.9 Å². The molecular weight excluding hydrogens is 444 g/mol. The van der Waals surface area contributed by atoms with Crippen LogP contribution in [0.4, 0.5) is 0 Å². The summed E-state index contributed by atoms with van der Waals surface area (Å²) in [6.45, 7) is 8.20. The summed E-state index contributed by atoms with van der Waals surface area (Å²) in [6, 6.07) is 24.6. The standard InChI is InChI=1S/C28H34N2O3S/c1-21(2)25-20-27(22(3)19-26(25)33-4)34(31,32)30-17-15-29(16-18-30)28(23-11-7-5-8-12-23)24-13-9-6-10-14-24/h5-14,19-21,28H,15-18H2,1-4H3. The van der Waals surface area contributed by atoms with Gasteiger partial charge in [-0.05, 0) is 47.2 Å². The first-order valence-corrected chi connectivity index (χ1v) is 13.3. The Hall–Kier alpha value is -2.67. The van der Waals surface area contributed by atoms with Crippen molar-refractivity contribution < 1.29 is 13.2 Å². The Bertz CT molecular complexity index is 1160. The van der Waals surface area contributed by atoms with Crippen molar-refractivity contribution >= 4 is 10.0 Å². The molecule has 1 fully saturated rings. The predicted octanol–water partition coefficient (Wildman–Crippen LogP) is 5.22. The highest BCUT2D eigenvalue weighted by atomic mass is 32.2. The van der Waals surface area contributed by atoms with Gasteiger partial charge in [-0.2, -0.15) is 4.31 Å². The minimum absolute atomic E-state index is 0.0996. The van der Waals surface area contributed by atoms with Crippen molar-refractivity contribution in [1.82, 2.24) is 9.21 Å². The molecule has 4 rings (SSSR count). The van der Waals surface area contributed by atoms with E-state index in [4.69, 9.17) is 4.74 Å². The molecule has 0 aliphatic carbocycles. The molecule has 0 amide bonds. The average Bonchev–Trinajstić information content (AvgIpc) is 2.85. The third kappa shape index (κ3) is 4.90. The number of hydrogen-bond acceptors (Lipinski definition) is 4. The number of ether oxygens (including phenoxy) is 1. The van der Waals surface area contributed by atoms with Gasteiger partial charge in [0.05, 0.1) is 18.0 Å². The van der Waals surface area contributed by atoms with Crippen LogP contribution in [0.1, 0.15) is 48.1 Å². The largest absolute Gasteiger partial charge is 0.496 e. The molecule has 0 bridgehead atoms. The number of piperazine rings is 1. The molecule has 1 aliphatic heterocycles. The lowest BCUT2D eigenvalue weighted by Gasteiger charge is -2.39. The quantitative estimate of drug-likeness (QED) is 0.467. The zero-order valence-electron chi connectivity index (χ0n) is 20.4. The SMILES string of the molecule is COc1cc(C)c(S(=O)(=O)N2CCN(C(c3ccccc3)c3ccccc3)CC2)cc1C(C)C. The van der Waals surface area contributed by atoms with E-state index in [-0.39, 0.29) is 12.0 Å². The van der Waals surface area contributed by atoms with Crippen molar-refractivity contribution in [1.29, 1.82) is 0 Å². The highest BCUT2D eigenvalue weighted by Gasteiger charge is 2.33. The number of benzene rings is 3. The maximum atomic E-state index is 13.7. The maximum Gasteiger partial charge on any atom is 0.243 e. The number of aryl methyl sites for hydroxylation is 1. The van der Waals surface area contributed by atoms with Gasteiger partial charge in [-0.25, -0.2) is 8.42 Å². The predicted molar refractivity (Wildman–Crippen MR) is 137 cm³/mol. The van der Waals surface area contributed by atoms with Crippen LogP contribution in [0.3, 0.4) is 0 Å². The molecule has 3 aromatic carbocycles. The summed E-state index contributed by atoms with van der Waals surface area (Å²) in [5, 5.41) is 0. The van der Waals surface area contributed by atoms with Gasteiger partial charge < -0.3 is 4.74 Å². The second-order valence-electron chi connectivity index (χ2n) is 9.18. The highest BCUT2D eigenvalue weighted by Crippen LogP contribution is 2.34. The Morgan fingerprint density at radius 2 is 1.35 bits per heavy atom. The van der Waals surface area contributed by atoms with Crippen molar-refractivity contribution in [3.63, 3.8) is 0 Å². The Labute approximate surface area is 204 Å². The summed E-state index contributed by atoms with van der Waals surface area (Å²) < 4.78 is 34.5. The Morgan fingerprint density at radius 1 is 0.824 bits per heavy atom. The van der Waals surface area contributed by atoms with Crippen LogP contribution in [0.5, 0.6) is 5.75 Å². The van der Waals surface area contributed by atoms with E-state index in [9.17, 15) is 8.42 Å². The number of rotatable bonds is 7. The molecule has 1 heterocycles. The van der Waals surface area contributed by atoms with Crippen LogP contribution in [0, 0.1) is 6.92 Å². The van der Waals surface area contributed by atoms with E-state index in [0.29, 0.717) is 31.1 Å². The number of nitrogens with zero attached hydrogens (tertiary/aromatic N) is 2.